The Morgan fingerprint density at radius 3 is 2.55 bits per heavy atom. The van der Waals surface area contributed by atoms with Crippen molar-refractivity contribution in [2.24, 2.45) is 0 Å². The van der Waals surface area contributed by atoms with E-state index in [1.807, 2.05) is 0 Å². The Balaban J connectivity index is 3.60. The standard InChI is InChI=1S/C6H11NO3S/c1-4(11-2)6(10)7-3-5(8)9/h4H,3H2,1-2H3,(H,7,10)(H,8,9)/t4-/m0/s1. The third kappa shape index (κ3) is 4.66. The molecule has 0 bridgehead atoms. The molecule has 0 aliphatic carbocycles. The van der Waals surface area contributed by atoms with Crippen LogP contribution in [0.3, 0.4) is 0 Å². The third-order valence-corrected chi connectivity index (χ3v) is 2.06. The molecule has 0 rings (SSSR count). The summed E-state index contributed by atoms with van der Waals surface area (Å²) in [5, 5.41) is 10.3. The molecule has 1 amide bonds. The fourth-order valence-corrected chi connectivity index (χ4v) is 0.711. The number of carbonyl (C=O) groups excluding carboxylic acids is 1. The summed E-state index contributed by atoms with van der Waals surface area (Å²) in [6.07, 6.45) is 1.80. The molecule has 2 N–H and O–H groups in total. The van der Waals surface area contributed by atoms with Crippen LogP contribution in [0.4, 0.5) is 0 Å². The smallest absolute Gasteiger partial charge is 0.322 e. The van der Waals surface area contributed by atoms with Gasteiger partial charge in [-0.05, 0) is 13.2 Å². The number of carbonyl (C=O) groups is 2. The molecule has 0 radical (unpaired) electrons. The van der Waals surface area contributed by atoms with Crippen LogP contribution in [0.2, 0.25) is 0 Å². The zero-order valence-corrected chi connectivity index (χ0v) is 7.27. The fraction of sp³-hybridized carbons (Fsp3) is 0.667. The van der Waals surface area contributed by atoms with Crippen LogP contribution in [0.25, 0.3) is 0 Å². The Labute approximate surface area is 69.4 Å². The van der Waals surface area contributed by atoms with E-state index in [1.165, 1.54) is 11.8 Å². The first-order chi connectivity index (χ1) is 5.07. The molecule has 1 atom stereocenters. The lowest BCUT2D eigenvalue weighted by Gasteiger charge is -2.06. The van der Waals surface area contributed by atoms with Crippen LogP contribution >= 0.6 is 11.8 Å². The molecule has 11 heavy (non-hydrogen) atoms. The topological polar surface area (TPSA) is 66.4 Å². The van der Waals surface area contributed by atoms with Crippen molar-refractivity contribution >= 4 is 23.6 Å². The van der Waals surface area contributed by atoms with Crippen LogP contribution in [0.15, 0.2) is 0 Å². The lowest BCUT2D eigenvalue weighted by molar-refractivity contribution is -0.137. The number of thioether (sulfide) groups is 1. The van der Waals surface area contributed by atoms with E-state index in [0.717, 1.165) is 0 Å². The predicted molar refractivity (Wildman–Crippen MR) is 43.6 cm³/mol. The molecule has 0 heterocycles. The molecule has 0 fully saturated rings. The second-order valence-corrected chi connectivity index (χ2v) is 3.17. The van der Waals surface area contributed by atoms with Gasteiger partial charge in [0.05, 0.1) is 5.25 Å². The summed E-state index contributed by atoms with van der Waals surface area (Å²) < 4.78 is 0. The van der Waals surface area contributed by atoms with Gasteiger partial charge in [0.2, 0.25) is 5.91 Å². The van der Waals surface area contributed by atoms with E-state index >= 15 is 0 Å². The van der Waals surface area contributed by atoms with Crippen molar-refractivity contribution in [3.8, 4) is 0 Å². The quantitative estimate of drug-likeness (QED) is 0.631. The predicted octanol–water partition coefficient (Wildman–Crippen LogP) is -0.0613. The van der Waals surface area contributed by atoms with Gasteiger partial charge >= 0.3 is 5.97 Å². The highest BCUT2D eigenvalue weighted by Gasteiger charge is 2.10. The lowest BCUT2D eigenvalue weighted by atomic mass is 10.4. The molecular weight excluding hydrogens is 166 g/mol. The van der Waals surface area contributed by atoms with Gasteiger partial charge < -0.3 is 10.4 Å². The van der Waals surface area contributed by atoms with E-state index < -0.39 is 5.97 Å². The van der Waals surface area contributed by atoms with E-state index in [0.29, 0.717) is 0 Å². The molecule has 0 aromatic carbocycles. The number of carboxylic acids is 1. The normalized spacial score (nSPS) is 12.2. The highest BCUT2D eigenvalue weighted by molar-refractivity contribution is 7.99. The van der Waals surface area contributed by atoms with Gasteiger partial charge in [-0.1, -0.05) is 0 Å². The summed E-state index contributed by atoms with van der Waals surface area (Å²) in [6, 6.07) is 0. The summed E-state index contributed by atoms with van der Waals surface area (Å²) in [4.78, 5) is 20.9. The van der Waals surface area contributed by atoms with Gasteiger partial charge in [0.15, 0.2) is 0 Å². The molecule has 0 spiro atoms. The lowest BCUT2D eigenvalue weighted by Crippen LogP contribution is -2.34. The van der Waals surface area contributed by atoms with Gasteiger partial charge in [0, 0.05) is 0 Å². The maximum absolute atomic E-state index is 10.9. The van der Waals surface area contributed by atoms with Crippen LogP contribution in [0.1, 0.15) is 6.92 Å². The first kappa shape index (κ1) is 10.3. The van der Waals surface area contributed by atoms with Crippen LogP contribution in [0.5, 0.6) is 0 Å². The van der Waals surface area contributed by atoms with Crippen LogP contribution in [-0.4, -0.2) is 35.0 Å². The van der Waals surface area contributed by atoms with E-state index in [4.69, 9.17) is 5.11 Å². The number of hydrogen-bond acceptors (Lipinski definition) is 3. The largest absolute Gasteiger partial charge is 0.480 e. The third-order valence-electron chi connectivity index (χ3n) is 1.14. The van der Waals surface area contributed by atoms with Crippen LogP contribution < -0.4 is 5.32 Å². The molecular formula is C6H11NO3S. The van der Waals surface area contributed by atoms with Crippen molar-refractivity contribution in [3.63, 3.8) is 0 Å². The monoisotopic (exact) mass is 177 g/mol. The first-order valence-electron chi connectivity index (χ1n) is 3.10. The van der Waals surface area contributed by atoms with E-state index in [2.05, 4.69) is 5.32 Å². The Bertz CT molecular complexity index is 160. The van der Waals surface area contributed by atoms with E-state index in [9.17, 15) is 9.59 Å². The number of aliphatic carboxylic acids is 1. The molecule has 64 valence electrons. The highest BCUT2D eigenvalue weighted by Crippen LogP contribution is 2.03. The summed E-state index contributed by atoms with van der Waals surface area (Å²) in [7, 11) is 0. The van der Waals surface area contributed by atoms with Crippen LogP contribution in [-0.2, 0) is 9.59 Å². The Hall–Kier alpha value is -0.710. The molecule has 0 unspecified atom stereocenters. The Kier molecular flexibility index (Phi) is 4.69. The van der Waals surface area contributed by atoms with Gasteiger partial charge in [-0.25, -0.2) is 0 Å². The minimum Gasteiger partial charge on any atom is -0.480 e. The summed E-state index contributed by atoms with van der Waals surface area (Å²) in [5.41, 5.74) is 0. The van der Waals surface area contributed by atoms with Crippen molar-refractivity contribution in [3.05, 3.63) is 0 Å². The van der Waals surface area contributed by atoms with Crippen molar-refractivity contribution in [1.82, 2.24) is 5.32 Å². The Morgan fingerprint density at radius 1 is 1.64 bits per heavy atom. The molecule has 0 aromatic rings. The molecule has 0 saturated carbocycles. The molecule has 4 nitrogen and oxygen atoms in total. The van der Waals surface area contributed by atoms with Gasteiger partial charge in [0.25, 0.3) is 0 Å². The van der Waals surface area contributed by atoms with Crippen molar-refractivity contribution < 1.29 is 14.7 Å². The van der Waals surface area contributed by atoms with Crippen molar-refractivity contribution in [1.29, 1.82) is 0 Å². The van der Waals surface area contributed by atoms with Gasteiger partial charge in [-0.3, -0.25) is 9.59 Å². The minimum absolute atomic E-state index is 0.186. The van der Waals surface area contributed by atoms with Crippen molar-refractivity contribution in [2.75, 3.05) is 12.8 Å². The van der Waals surface area contributed by atoms with Gasteiger partial charge in [-0.2, -0.15) is 11.8 Å². The average Bonchev–Trinajstić information content (AvgIpc) is 1.98. The van der Waals surface area contributed by atoms with Crippen LogP contribution in [0, 0.1) is 0 Å². The summed E-state index contributed by atoms with van der Waals surface area (Å²) in [6.45, 7) is 1.42. The maximum atomic E-state index is 10.9. The number of amides is 1. The zero-order valence-electron chi connectivity index (χ0n) is 6.46. The number of nitrogens with one attached hydrogen (secondary N) is 1. The molecule has 0 aliphatic heterocycles. The zero-order chi connectivity index (χ0) is 8.85. The van der Waals surface area contributed by atoms with Gasteiger partial charge in [-0.15, -0.1) is 0 Å². The highest BCUT2D eigenvalue weighted by atomic mass is 32.2. The molecule has 5 heteroatoms. The minimum atomic E-state index is -1.02. The Morgan fingerprint density at radius 2 is 2.18 bits per heavy atom. The number of rotatable bonds is 4. The van der Waals surface area contributed by atoms with Gasteiger partial charge in [0.1, 0.15) is 6.54 Å². The number of carboxylic acid groups (broad SMARTS) is 1. The summed E-state index contributed by atoms with van der Waals surface area (Å²) in [5.74, 6) is -1.26. The van der Waals surface area contributed by atoms with E-state index in [-0.39, 0.29) is 17.7 Å². The molecule has 0 aliphatic rings. The second-order valence-electron chi connectivity index (χ2n) is 1.99. The second kappa shape index (κ2) is 5.01. The average molecular weight is 177 g/mol. The summed E-state index contributed by atoms with van der Waals surface area (Å²) >= 11 is 1.38. The molecule has 0 saturated heterocycles. The maximum Gasteiger partial charge on any atom is 0.322 e. The molecule has 0 aromatic heterocycles. The fourth-order valence-electron chi connectivity index (χ4n) is 0.413. The number of hydrogen-bond donors (Lipinski definition) is 2. The van der Waals surface area contributed by atoms with Crippen molar-refractivity contribution in [2.45, 2.75) is 12.2 Å². The first-order valence-corrected chi connectivity index (χ1v) is 4.39. The van der Waals surface area contributed by atoms with E-state index in [1.54, 1.807) is 13.2 Å². The SMILES string of the molecule is CS[C@@H](C)C(=O)NCC(=O)O.